The van der Waals surface area contributed by atoms with Gasteiger partial charge in [-0.05, 0) is 52.7 Å². The zero-order valence-corrected chi connectivity index (χ0v) is 31.8. The van der Waals surface area contributed by atoms with Crippen LogP contribution in [0.25, 0.3) is 119 Å². The van der Waals surface area contributed by atoms with Crippen molar-refractivity contribution in [1.29, 1.82) is 0 Å². The van der Waals surface area contributed by atoms with Crippen LogP contribution >= 0.6 is 22.7 Å². The summed E-state index contributed by atoms with van der Waals surface area (Å²) in [5.41, 5.74) is 8.41. The van der Waals surface area contributed by atoms with Gasteiger partial charge < -0.3 is 4.42 Å². The largest absolute Gasteiger partial charge is 0.455 e. The van der Waals surface area contributed by atoms with E-state index in [1.165, 1.54) is 20.2 Å². The molecule has 0 atom stereocenters. The molecule has 0 bridgehead atoms. The van der Waals surface area contributed by atoms with Crippen LogP contribution in [0.2, 0.25) is 0 Å². The van der Waals surface area contributed by atoms with E-state index in [-0.39, 0.29) is 0 Å². The van der Waals surface area contributed by atoms with E-state index in [2.05, 4.69) is 127 Å². The van der Waals surface area contributed by atoms with E-state index >= 15 is 0 Å². The maximum Gasteiger partial charge on any atom is 0.167 e. The summed E-state index contributed by atoms with van der Waals surface area (Å²) >= 11 is 3.55. The third-order valence-corrected chi connectivity index (χ3v) is 13.0. The van der Waals surface area contributed by atoms with Gasteiger partial charge in [0.2, 0.25) is 0 Å². The summed E-state index contributed by atoms with van der Waals surface area (Å²) in [4.78, 5) is 20.9. The minimum atomic E-state index is 0.543. The number of thiophene rings is 1. The monoisotopic (exact) mass is 764 g/mol. The highest BCUT2D eigenvalue weighted by molar-refractivity contribution is 7.26. The molecule has 0 aliphatic rings. The molecule has 7 heteroatoms. The Labute approximate surface area is 334 Å². The van der Waals surface area contributed by atoms with Crippen molar-refractivity contribution in [3.63, 3.8) is 0 Å². The van der Waals surface area contributed by atoms with Crippen molar-refractivity contribution in [2.24, 2.45) is 0 Å². The van der Waals surface area contributed by atoms with Crippen LogP contribution in [-0.4, -0.2) is 19.9 Å². The fraction of sp³-hybridized carbons (Fsp3) is 0. The first-order valence-electron chi connectivity index (χ1n) is 18.8. The molecular formula is C50H28N4OS2. The predicted molar refractivity (Wildman–Crippen MR) is 238 cm³/mol. The number of thiazole rings is 1. The second kappa shape index (κ2) is 12.7. The van der Waals surface area contributed by atoms with Crippen LogP contribution in [0.3, 0.4) is 0 Å². The molecule has 8 aromatic carbocycles. The Morgan fingerprint density at radius 2 is 1.05 bits per heavy atom. The fourth-order valence-electron chi connectivity index (χ4n) is 8.23. The first-order valence-corrected chi connectivity index (χ1v) is 20.4. The first kappa shape index (κ1) is 32.2. The number of hydrogen-bond acceptors (Lipinski definition) is 7. The number of para-hydroxylation sites is 1. The molecule has 0 amide bonds. The lowest BCUT2D eigenvalue weighted by Crippen LogP contribution is -2.01. The van der Waals surface area contributed by atoms with Crippen LogP contribution in [0.1, 0.15) is 0 Å². The quantitative estimate of drug-likeness (QED) is 0.175. The maximum absolute atomic E-state index is 6.78. The molecule has 4 heterocycles. The summed E-state index contributed by atoms with van der Waals surface area (Å²) in [6.45, 7) is 0. The topological polar surface area (TPSA) is 64.7 Å². The lowest BCUT2D eigenvalue weighted by Gasteiger charge is -2.14. The lowest BCUT2D eigenvalue weighted by atomic mass is 9.93. The van der Waals surface area contributed by atoms with Gasteiger partial charge in [-0.1, -0.05) is 133 Å². The molecule has 0 N–H and O–H groups in total. The van der Waals surface area contributed by atoms with Crippen LogP contribution in [0.15, 0.2) is 174 Å². The average Bonchev–Trinajstić information content (AvgIpc) is 4.00. The van der Waals surface area contributed by atoms with Crippen molar-refractivity contribution in [1.82, 2.24) is 19.9 Å². The van der Waals surface area contributed by atoms with Crippen molar-refractivity contribution in [2.75, 3.05) is 0 Å². The molecule has 0 saturated carbocycles. The second-order valence-corrected chi connectivity index (χ2v) is 16.2. The predicted octanol–water partition coefficient (Wildman–Crippen LogP) is 14.2. The van der Waals surface area contributed by atoms with Crippen molar-refractivity contribution >= 4 is 85.8 Å². The Morgan fingerprint density at radius 1 is 0.386 bits per heavy atom. The number of benzene rings is 8. The zero-order chi connectivity index (χ0) is 37.5. The van der Waals surface area contributed by atoms with Crippen LogP contribution in [0.5, 0.6) is 0 Å². The molecule has 57 heavy (non-hydrogen) atoms. The molecular weight excluding hydrogens is 737 g/mol. The number of fused-ring (bicyclic) bond motifs is 9. The van der Waals surface area contributed by atoms with E-state index in [0.29, 0.717) is 17.5 Å². The van der Waals surface area contributed by atoms with Gasteiger partial charge in [0.05, 0.1) is 21.2 Å². The van der Waals surface area contributed by atoms with E-state index < -0.39 is 0 Å². The maximum atomic E-state index is 6.78. The van der Waals surface area contributed by atoms with Crippen molar-refractivity contribution in [3.8, 4) is 55.9 Å². The van der Waals surface area contributed by atoms with Crippen LogP contribution in [0.4, 0.5) is 0 Å². The van der Waals surface area contributed by atoms with Crippen LogP contribution < -0.4 is 0 Å². The summed E-state index contributed by atoms with van der Waals surface area (Å²) in [5, 5.41) is 7.78. The number of nitrogens with zero attached hydrogens (tertiary/aromatic N) is 4. The van der Waals surface area contributed by atoms with Gasteiger partial charge in [-0.3, -0.25) is 0 Å². The number of hydrogen-bond donors (Lipinski definition) is 0. The molecule has 4 aromatic heterocycles. The minimum Gasteiger partial charge on any atom is -0.455 e. The third-order valence-electron chi connectivity index (χ3n) is 10.8. The minimum absolute atomic E-state index is 0.543. The highest BCUT2D eigenvalue weighted by atomic mass is 32.1. The van der Waals surface area contributed by atoms with E-state index in [1.54, 1.807) is 11.3 Å². The molecule has 0 aliphatic carbocycles. The van der Waals surface area contributed by atoms with Gasteiger partial charge in [0, 0.05) is 47.8 Å². The summed E-state index contributed by atoms with van der Waals surface area (Å²) < 4.78 is 10.4. The van der Waals surface area contributed by atoms with Gasteiger partial charge in [-0.15, -0.1) is 22.7 Å². The second-order valence-electron chi connectivity index (χ2n) is 14.1. The summed E-state index contributed by atoms with van der Waals surface area (Å²) in [6, 6.07) is 59.0. The molecule has 12 aromatic rings. The molecule has 0 spiro atoms. The van der Waals surface area contributed by atoms with Crippen molar-refractivity contribution in [2.45, 2.75) is 0 Å². The van der Waals surface area contributed by atoms with Crippen LogP contribution in [-0.2, 0) is 0 Å². The number of rotatable bonds is 5. The van der Waals surface area contributed by atoms with Gasteiger partial charge in [-0.25, -0.2) is 19.9 Å². The van der Waals surface area contributed by atoms with Gasteiger partial charge in [0.15, 0.2) is 17.5 Å². The summed E-state index contributed by atoms with van der Waals surface area (Å²) in [5.74, 6) is 1.73. The Bertz CT molecular complexity index is 3530. The van der Waals surface area contributed by atoms with Crippen LogP contribution in [0, 0.1) is 0 Å². The number of furan rings is 1. The Morgan fingerprint density at radius 3 is 1.91 bits per heavy atom. The molecule has 0 aliphatic heterocycles. The molecule has 0 unspecified atom stereocenters. The molecule has 5 nitrogen and oxygen atoms in total. The Kier molecular flexibility index (Phi) is 7.20. The van der Waals surface area contributed by atoms with E-state index in [1.807, 2.05) is 53.8 Å². The highest BCUT2D eigenvalue weighted by Gasteiger charge is 2.23. The molecule has 0 radical (unpaired) electrons. The van der Waals surface area contributed by atoms with Gasteiger partial charge in [0.25, 0.3) is 0 Å². The van der Waals surface area contributed by atoms with Crippen molar-refractivity contribution < 1.29 is 4.42 Å². The fourth-order valence-corrected chi connectivity index (χ4v) is 10.4. The van der Waals surface area contributed by atoms with Gasteiger partial charge >= 0.3 is 0 Å². The average molecular weight is 765 g/mol. The normalized spacial score (nSPS) is 11.9. The standard InChI is InChI=1S/C50H28N4OS2/c1-3-14-30(15-4-1)42-32-18-8-7-13-29(32)25-26-35(42)48-52-47(31-16-5-2-6-17-31)53-49(54-48)37-22-11-20-34-44-38(55-46(34)37)27-28-41-45(44)51-50(57-41)36-21-12-24-40-43(36)33-19-9-10-23-39(33)56-40/h1-28H. The molecule has 0 saturated heterocycles. The Balaban J connectivity index is 1.08. The number of aromatic nitrogens is 4. The highest BCUT2D eigenvalue weighted by Crippen LogP contribution is 2.45. The molecule has 0 fully saturated rings. The summed E-state index contributed by atoms with van der Waals surface area (Å²) in [6.07, 6.45) is 0. The SMILES string of the molecule is c1ccc(-c2nc(-c3ccc4ccccc4c3-c3ccccc3)nc(-c3cccc4c3oc3ccc5sc(-c6cccc7sc8ccccc8c67)nc5c34)n2)cc1. The van der Waals surface area contributed by atoms with E-state index in [9.17, 15) is 0 Å². The van der Waals surface area contributed by atoms with E-state index in [4.69, 9.17) is 24.4 Å². The molecule has 12 rings (SSSR count). The van der Waals surface area contributed by atoms with Gasteiger partial charge in [0.1, 0.15) is 16.2 Å². The van der Waals surface area contributed by atoms with E-state index in [0.717, 1.165) is 81.3 Å². The first-order chi connectivity index (χ1) is 28.2. The third kappa shape index (κ3) is 5.13. The molecule has 266 valence electrons. The van der Waals surface area contributed by atoms with Gasteiger partial charge in [-0.2, -0.15) is 0 Å². The lowest BCUT2D eigenvalue weighted by molar-refractivity contribution is 0.670. The smallest absolute Gasteiger partial charge is 0.167 e. The van der Waals surface area contributed by atoms with Crippen molar-refractivity contribution in [3.05, 3.63) is 170 Å². The summed E-state index contributed by atoms with van der Waals surface area (Å²) in [7, 11) is 0. The zero-order valence-electron chi connectivity index (χ0n) is 30.2. The Hall–Kier alpha value is -7.06.